The van der Waals surface area contributed by atoms with Crippen LogP contribution < -0.4 is 15.6 Å². The van der Waals surface area contributed by atoms with Crippen molar-refractivity contribution < 1.29 is 9.53 Å². The van der Waals surface area contributed by atoms with Gasteiger partial charge in [0.25, 0.3) is 5.56 Å². The third kappa shape index (κ3) is 4.48. The molecule has 0 saturated carbocycles. The lowest BCUT2D eigenvalue weighted by atomic mass is 9.86. The number of hydrogen-bond donors (Lipinski definition) is 1. The average molecular weight is 448 g/mol. The number of ether oxygens (including phenoxy) is 1. The molecule has 164 valence electrons. The van der Waals surface area contributed by atoms with Crippen molar-refractivity contribution in [3.8, 4) is 5.75 Å². The van der Waals surface area contributed by atoms with Crippen LogP contribution in [0.15, 0.2) is 71.1 Å². The fraction of sp³-hybridized carbons (Fsp3) is 0.240. The number of nitrogens with one attached hydrogen (secondary N) is 1. The molecule has 1 aliphatic heterocycles. The molecular formula is C25H25N3O3S. The maximum atomic E-state index is 13.1. The number of para-hydroxylation sites is 1. The summed E-state index contributed by atoms with van der Waals surface area (Å²) in [5.41, 5.74) is 3.19. The number of hydrogen-bond acceptors (Lipinski definition) is 5. The van der Waals surface area contributed by atoms with Gasteiger partial charge < -0.3 is 14.6 Å². The fourth-order valence-corrected chi connectivity index (χ4v) is 4.63. The highest BCUT2D eigenvalue weighted by atomic mass is 32.2. The summed E-state index contributed by atoms with van der Waals surface area (Å²) in [4.78, 5) is 30.0. The molecule has 0 aliphatic carbocycles. The van der Waals surface area contributed by atoms with Gasteiger partial charge in [-0.05, 0) is 18.6 Å². The fourth-order valence-electron chi connectivity index (χ4n) is 3.93. The molecule has 7 heteroatoms. The van der Waals surface area contributed by atoms with Crippen LogP contribution in [0.5, 0.6) is 5.75 Å². The Labute approximate surface area is 191 Å². The number of aryl methyl sites for hydroxylation is 1. The van der Waals surface area contributed by atoms with Crippen LogP contribution in [0.1, 0.15) is 34.6 Å². The molecule has 1 aliphatic rings. The van der Waals surface area contributed by atoms with Crippen molar-refractivity contribution in [2.45, 2.75) is 31.0 Å². The lowest BCUT2D eigenvalue weighted by molar-refractivity contribution is -0.116. The van der Waals surface area contributed by atoms with E-state index in [0.29, 0.717) is 34.6 Å². The Morgan fingerprint density at radius 3 is 2.84 bits per heavy atom. The Morgan fingerprint density at radius 1 is 1.25 bits per heavy atom. The Hall–Kier alpha value is -3.32. The molecule has 2 aromatic carbocycles. The van der Waals surface area contributed by atoms with E-state index in [1.54, 1.807) is 17.7 Å². The normalized spacial score (nSPS) is 15.1. The maximum absolute atomic E-state index is 13.1. The van der Waals surface area contributed by atoms with Crippen LogP contribution in [0.25, 0.3) is 0 Å². The van der Waals surface area contributed by atoms with Gasteiger partial charge in [0.05, 0.1) is 5.56 Å². The molecule has 1 N–H and O–H groups in total. The molecule has 32 heavy (non-hydrogen) atoms. The summed E-state index contributed by atoms with van der Waals surface area (Å²) in [6, 6.07) is 15.7. The number of anilines is 1. The number of benzene rings is 2. The van der Waals surface area contributed by atoms with E-state index >= 15 is 0 Å². The van der Waals surface area contributed by atoms with Crippen molar-refractivity contribution in [3.63, 3.8) is 0 Å². The number of rotatable bonds is 7. The molecule has 0 bridgehead atoms. The zero-order valence-corrected chi connectivity index (χ0v) is 18.9. The van der Waals surface area contributed by atoms with Crippen molar-refractivity contribution >= 4 is 23.5 Å². The minimum absolute atomic E-state index is 0.142. The van der Waals surface area contributed by atoms with Crippen molar-refractivity contribution in [2.75, 3.05) is 11.1 Å². The number of carbonyl (C=O) groups is 1. The summed E-state index contributed by atoms with van der Waals surface area (Å²) in [7, 11) is 1.81. The van der Waals surface area contributed by atoms with E-state index in [-0.39, 0.29) is 17.9 Å². The van der Waals surface area contributed by atoms with Gasteiger partial charge in [0, 0.05) is 30.7 Å². The Bertz CT molecular complexity index is 1240. The minimum atomic E-state index is -0.433. The molecule has 1 unspecified atom stereocenters. The van der Waals surface area contributed by atoms with Crippen molar-refractivity contribution in [1.29, 1.82) is 0 Å². The predicted octanol–water partition coefficient (Wildman–Crippen LogP) is 4.42. The number of fused-ring (bicyclic) bond motifs is 1. The number of aromatic nitrogens is 2. The second-order valence-corrected chi connectivity index (χ2v) is 8.73. The molecule has 0 spiro atoms. The Morgan fingerprint density at radius 2 is 2.06 bits per heavy atom. The summed E-state index contributed by atoms with van der Waals surface area (Å²) in [5, 5.41) is 3.41. The lowest BCUT2D eigenvalue weighted by Gasteiger charge is -2.28. The number of carbonyl (C=O) groups excluding carboxylic acids is 1. The zero-order valence-electron chi connectivity index (χ0n) is 18.1. The standard InChI is InChI=1S/C25H25N3O3S/c1-4-12-32-25-27-24(30)22-19(14-21(29)26-23(22)28(25)3)18-10-5-6-11-20(18)31-15-17-9-7-8-16(2)13-17/h4-11,13,19H,1,12,14-15H2,2-3H3,(H,26,29). The van der Waals surface area contributed by atoms with Crippen LogP contribution in [-0.4, -0.2) is 21.2 Å². The average Bonchev–Trinajstić information content (AvgIpc) is 2.79. The highest BCUT2D eigenvalue weighted by Crippen LogP contribution is 2.39. The molecule has 0 saturated heterocycles. The molecule has 1 aromatic heterocycles. The summed E-state index contributed by atoms with van der Waals surface area (Å²) in [6.45, 7) is 6.15. The molecular weight excluding hydrogens is 422 g/mol. The van der Waals surface area contributed by atoms with Gasteiger partial charge in [-0.25, -0.2) is 0 Å². The smallest absolute Gasteiger partial charge is 0.279 e. The van der Waals surface area contributed by atoms with E-state index in [1.807, 2.05) is 49.4 Å². The largest absolute Gasteiger partial charge is 0.489 e. The summed E-state index contributed by atoms with van der Waals surface area (Å²) >= 11 is 1.40. The molecule has 3 aromatic rings. The van der Waals surface area contributed by atoms with Crippen LogP contribution >= 0.6 is 11.8 Å². The van der Waals surface area contributed by atoms with Crippen LogP contribution in [0.4, 0.5) is 5.82 Å². The van der Waals surface area contributed by atoms with Gasteiger partial charge in [-0.15, -0.1) is 6.58 Å². The van der Waals surface area contributed by atoms with Gasteiger partial charge in [-0.3, -0.25) is 9.59 Å². The lowest BCUT2D eigenvalue weighted by Crippen LogP contribution is -2.33. The summed E-state index contributed by atoms with van der Waals surface area (Å²) in [5.74, 6) is 1.19. The number of thioether (sulfide) groups is 1. The number of amides is 1. The van der Waals surface area contributed by atoms with E-state index in [2.05, 4.69) is 22.9 Å². The second-order valence-electron chi connectivity index (χ2n) is 7.74. The highest BCUT2D eigenvalue weighted by molar-refractivity contribution is 7.99. The van der Waals surface area contributed by atoms with Gasteiger partial charge in [-0.1, -0.05) is 65.9 Å². The van der Waals surface area contributed by atoms with E-state index in [4.69, 9.17) is 4.74 Å². The third-order valence-corrected chi connectivity index (χ3v) is 6.43. The molecule has 0 fully saturated rings. The van der Waals surface area contributed by atoms with Crippen LogP contribution in [-0.2, 0) is 18.4 Å². The van der Waals surface area contributed by atoms with Gasteiger partial charge in [0.2, 0.25) is 5.91 Å². The maximum Gasteiger partial charge on any atom is 0.279 e. The van der Waals surface area contributed by atoms with Crippen molar-refractivity contribution in [1.82, 2.24) is 9.55 Å². The van der Waals surface area contributed by atoms with E-state index in [1.165, 1.54) is 11.8 Å². The van der Waals surface area contributed by atoms with Crippen LogP contribution in [0.2, 0.25) is 0 Å². The monoisotopic (exact) mass is 447 g/mol. The zero-order chi connectivity index (χ0) is 22.7. The Balaban J connectivity index is 1.73. The minimum Gasteiger partial charge on any atom is -0.489 e. The third-order valence-electron chi connectivity index (χ3n) is 5.40. The molecule has 1 amide bonds. The van der Waals surface area contributed by atoms with E-state index < -0.39 is 5.92 Å². The Kier molecular flexibility index (Phi) is 6.46. The highest BCUT2D eigenvalue weighted by Gasteiger charge is 2.33. The number of nitrogens with zero attached hydrogens (tertiary/aromatic N) is 2. The predicted molar refractivity (Wildman–Crippen MR) is 127 cm³/mol. The SMILES string of the molecule is C=CCSc1nc(=O)c2c(n1C)NC(=O)CC2c1ccccc1OCc1cccc(C)c1. The molecule has 4 rings (SSSR count). The van der Waals surface area contributed by atoms with Gasteiger partial charge in [0.1, 0.15) is 18.2 Å². The first-order valence-electron chi connectivity index (χ1n) is 10.4. The van der Waals surface area contributed by atoms with E-state index in [0.717, 1.165) is 16.7 Å². The molecule has 1 atom stereocenters. The van der Waals surface area contributed by atoms with Gasteiger partial charge >= 0.3 is 0 Å². The topological polar surface area (TPSA) is 73.2 Å². The van der Waals surface area contributed by atoms with Gasteiger partial charge in [0.15, 0.2) is 5.16 Å². The van der Waals surface area contributed by atoms with Gasteiger partial charge in [-0.2, -0.15) is 4.98 Å². The summed E-state index contributed by atoms with van der Waals surface area (Å²) in [6.07, 6.45) is 1.91. The first-order chi connectivity index (χ1) is 15.5. The van der Waals surface area contributed by atoms with Crippen molar-refractivity contribution in [3.05, 3.63) is 93.8 Å². The van der Waals surface area contributed by atoms with E-state index in [9.17, 15) is 9.59 Å². The molecule has 2 heterocycles. The first-order valence-corrected chi connectivity index (χ1v) is 11.4. The van der Waals surface area contributed by atoms with Crippen molar-refractivity contribution in [2.24, 2.45) is 7.05 Å². The molecule has 6 nitrogen and oxygen atoms in total. The van der Waals surface area contributed by atoms with Crippen LogP contribution in [0.3, 0.4) is 0 Å². The second kappa shape index (κ2) is 9.44. The van der Waals surface area contributed by atoms with Crippen LogP contribution in [0, 0.1) is 6.92 Å². The summed E-state index contributed by atoms with van der Waals surface area (Å²) < 4.78 is 7.92. The molecule has 0 radical (unpaired) electrons. The quantitative estimate of drug-likeness (QED) is 0.330. The first kappa shape index (κ1) is 21.9.